The van der Waals surface area contributed by atoms with Crippen molar-refractivity contribution in [2.24, 2.45) is 0 Å². The maximum atomic E-state index is 11.0. The Labute approximate surface area is 89.6 Å². The standard InChI is InChI=1S/C9H7BrN2O2/c1-14-9(13)3-6-2-8(10)12-5-7(6)4-11/h2,5H,3H2,1H3. The molecule has 4 nitrogen and oxygen atoms in total. The summed E-state index contributed by atoms with van der Waals surface area (Å²) < 4.78 is 5.10. The van der Waals surface area contributed by atoms with Gasteiger partial charge in [0.05, 0.1) is 19.1 Å². The van der Waals surface area contributed by atoms with Crippen molar-refractivity contribution in [3.05, 3.63) is 28.0 Å². The predicted molar refractivity (Wildman–Crippen MR) is 52.4 cm³/mol. The molecular formula is C9H7BrN2O2. The summed E-state index contributed by atoms with van der Waals surface area (Å²) in [6.45, 7) is 0. The minimum absolute atomic E-state index is 0.0838. The molecule has 0 aliphatic rings. The minimum Gasteiger partial charge on any atom is -0.469 e. The molecule has 0 amide bonds. The summed E-state index contributed by atoms with van der Waals surface area (Å²) in [6.07, 6.45) is 1.50. The van der Waals surface area contributed by atoms with E-state index in [0.29, 0.717) is 15.7 Å². The van der Waals surface area contributed by atoms with Crippen LogP contribution in [-0.4, -0.2) is 18.1 Å². The fourth-order valence-electron chi connectivity index (χ4n) is 0.943. The molecule has 1 rings (SSSR count). The molecule has 0 bridgehead atoms. The maximum Gasteiger partial charge on any atom is 0.310 e. The van der Waals surface area contributed by atoms with Gasteiger partial charge in [-0.15, -0.1) is 0 Å². The Hall–Kier alpha value is -1.41. The van der Waals surface area contributed by atoms with Crippen molar-refractivity contribution in [1.29, 1.82) is 5.26 Å². The van der Waals surface area contributed by atoms with Crippen molar-refractivity contribution >= 4 is 21.9 Å². The van der Waals surface area contributed by atoms with Crippen LogP contribution in [0.5, 0.6) is 0 Å². The molecule has 5 heteroatoms. The monoisotopic (exact) mass is 254 g/mol. The summed E-state index contributed by atoms with van der Waals surface area (Å²) in [4.78, 5) is 14.9. The van der Waals surface area contributed by atoms with Gasteiger partial charge in [0.2, 0.25) is 0 Å². The van der Waals surface area contributed by atoms with Crippen molar-refractivity contribution in [2.75, 3.05) is 7.11 Å². The molecule has 0 saturated heterocycles. The Balaban J connectivity index is 3.00. The number of nitriles is 1. The van der Waals surface area contributed by atoms with Gasteiger partial charge in [-0.1, -0.05) is 0 Å². The maximum absolute atomic E-state index is 11.0. The zero-order chi connectivity index (χ0) is 10.6. The number of halogens is 1. The zero-order valence-electron chi connectivity index (χ0n) is 7.45. The van der Waals surface area contributed by atoms with E-state index in [1.807, 2.05) is 6.07 Å². The quantitative estimate of drug-likeness (QED) is 0.592. The highest BCUT2D eigenvalue weighted by molar-refractivity contribution is 9.10. The molecule has 0 aliphatic heterocycles. The van der Waals surface area contributed by atoms with E-state index in [0.717, 1.165) is 0 Å². The van der Waals surface area contributed by atoms with Gasteiger partial charge in [0.1, 0.15) is 10.7 Å². The van der Waals surface area contributed by atoms with Gasteiger partial charge in [0, 0.05) is 6.20 Å². The van der Waals surface area contributed by atoms with Gasteiger partial charge in [-0.2, -0.15) is 5.26 Å². The lowest BCUT2D eigenvalue weighted by Crippen LogP contribution is -2.06. The molecule has 1 heterocycles. The van der Waals surface area contributed by atoms with E-state index in [9.17, 15) is 4.79 Å². The van der Waals surface area contributed by atoms with Crippen LogP contribution in [0.3, 0.4) is 0 Å². The summed E-state index contributed by atoms with van der Waals surface area (Å²) in [6, 6.07) is 3.60. The van der Waals surface area contributed by atoms with E-state index >= 15 is 0 Å². The van der Waals surface area contributed by atoms with Crippen LogP contribution < -0.4 is 0 Å². The van der Waals surface area contributed by atoms with Crippen LogP contribution in [0, 0.1) is 11.3 Å². The van der Waals surface area contributed by atoms with Gasteiger partial charge < -0.3 is 4.74 Å². The first-order valence-corrected chi connectivity index (χ1v) is 4.58. The SMILES string of the molecule is COC(=O)Cc1cc(Br)ncc1C#N. The van der Waals surface area contributed by atoms with Gasteiger partial charge in [-0.25, -0.2) is 4.98 Å². The van der Waals surface area contributed by atoms with Crippen molar-refractivity contribution in [3.8, 4) is 6.07 Å². The Bertz CT molecular complexity index is 398. The average molecular weight is 255 g/mol. The van der Waals surface area contributed by atoms with Crippen LogP contribution in [0.2, 0.25) is 0 Å². The van der Waals surface area contributed by atoms with Crippen molar-refractivity contribution < 1.29 is 9.53 Å². The fourth-order valence-corrected chi connectivity index (χ4v) is 1.32. The van der Waals surface area contributed by atoms with E-state index in [1.54, 1.807) is 6.07 Å². The Kier molecular flexibility index (Phi) is 3.60. The summed E-state index contributed by atoms with van der Waals surface area (Å²) in [7, 11) is 1.31. The molecule has 0 atom stereocenters. The highest BCUT2D eigenvalue weighted by atomic mass is 79.9. The van der Waals surface area contributed by atoms with Gasteiger partial charge in [-0.05, 0) is 27.6 Å². The minimum atomic E-state index is -0.375. The smallest absolute Gasteiger partial charge is 0.310 e. The third-order valence-electron chi connectivity index (χ3n) is 1.64. The van der Waals surface area contributed by atoms with Gasteiger partial charge in [-0.3, -0.25) is 4.79 Å². The highest BCUT2D eigenvalue weighted by Gasteiger charge is 2.08. The zero-order valence-corrected chi connectivity index (χ0v) is 9.04. The third kappa shape index (κ3) is 2.54. The number of hydrogen-bond acceptors (Lipinski definition) is 4. The Morgan fingerprint density at radius 3 is 3.07 bits per heavy atom. The molecule has 72 valence electrons. The average Bonchev–Trinajstić information content (AvgIpc) is 2.18. The highest BCUT2D eigenvalue weighted by Crippen LogP contribution is 2.13. The first-order chi connectivity index (χ1) is 6.67. The number of nitrogens with zero attached hydrogens (tertiary/aromatic N) is 2. The van der Waals surface area contributed by atoms with E-state index < -0.39 is 0 Å². The number of hydrogen-bond donors (Lipinski definition) is 0. The number of carbonyl (C=O) groups excluding carboxylic acids is 1. The third-order valence-corrected chi connectivity index (χ3v) is 2.07. The number of methoxy groups -OCH3 is 1. The lowest BCUT2D eigenvalue weighted by atomic mass is 10.1. The number of carbonyl (C=O) groups is 1. The largest absolute Gasteiger partial charge is 0.469 e. The van der Waals surface area contributed by atoms with Crippen molar-refractivity contribution in [1.82, 2.24) is 4.98 Å². The second kappa shape index (κ2) is 4.72. The molecule has 0 unspecified atom stereocenters. The number of aromatic nitrogens is 1. The molecule has 0 saturated carbocycles. The van der Waals surface area contributed by atoms with Crippen LogP contribution in [-0.2, 0) is 16.0 Å². The first kappa shape index (κ1) is 10.7. The number of ether oxygens (including phenoxy) is 1. The lowest BCUT2D eigenvalue weighted by Gasteiger charge is -2.02. The first-order valence-electron chi connectivity index (χ1n) is 3.78. The van der Waals surface area contributed by atoms with Crippen LogP contribution in [0.15, 0.2) is 16.9 Å². The van der Waals surface area contributed by atoms with E-state index in [4.69, 9.17) is 5.26 Å². The van der Waals surface area contributed by atoms with Crippen molar-refractivity contribution in [3.63, 3.8) is 0 Å². The van der Waals surface area contributed by atoms with Crippen LogP contribution in [0.4, 0.5) is 0 Å². The Morgan fingerprint density at radius 1 is 1.79 bits per heavy atom. The molecule has 0 radical (unpaired) electrons. The summed E-state index contributed by atoms with van der Waals surface area (Å²) in [5.74, 6) is -0.375. The molecule has 0 spiro atoms. The van der Waals surface area contributed by atoms with Crippen molar-refractivity contribution in [2.45, 2.75) is 6.42 Å². The molecule has 1 aromatic rings. The molecule has 0 aliphatic carbocycles. The van der Waals surface area contributed by atoms with Gasteiger partial charge in [0.15, 0.2) is 0 Å². The van der Waals surface area contributed by atoms with Gasteiger partial charge >= 0.3 is 5.97 Å². The lowest BCUT2D eigenvalue weighted by molar-refractivity contribution is -0.139. The molecular weight excluding hydrogens is 248 g/mol. The summed E-state index contributed by atoms with van der Waals surface area (Å²) >= 11 is 3.16. The van der Waals surface area contributed by atoms with E-state index in [1.165, 1.54) is 13.3 Å². The second-order valence-corrected chi connectivity index (χ2v) is 3.34. The topological polar surface area (TPSA) is 63.0 Å². The number of pyridine rings is 1. The van der Waals surface area contributed by atoms with E-state index in [2.05, 4.69) is 25.7 Å². The molecule has 0 fully saturated rings. The van der Waals surface area contributed by atoms with Crippen LogP contribution >= 0.6 is 15.9 Å². The Morgan fingerprint density at radius 2 is 2.50 bits per heavy atom. The number of rotatable bonds is 2. The van der Waals surface area contributed by atoms with Crippen LogP contribution in [0.1, 0.15) is 11.1 Å². The fraction of sp³-hybridized carbons (Fsp3) is 0.222. The summed E-state index contributed by atoms with van der Waals surface area (Å²) in [5, 5.41) is 8.74. The normalized spacial score (nSPS) is 9.21. The van der Waals surface area contributed by atoms with Gasteiger partial charge in [0.25, 0.3) is 0 Å². The molecule has 14 heavy (non-hydrogen) atoms. The summed E-state index contributed by atoms with van der Waals surface area (Å²) in [5.41, 5.74) is 1.000. The predicted octanol–water partition coefficient (Wildman–Crippen LogP) is 1.43. The van der Waals surface area contributed by atoms with Crippen LogP contribution in [0.25, 0.3) is 0 Å². The molecule has 0 N–H and O–H groups in total. The second-order valence-electron chi connectivity index (χ2n) is 2.53. The van der Waals surface area contributed by atoms with E-state index in [-0.39, 0.29) is 12.4 Å². The molecule has 0 aromatic carbocycles. The number of esters is 1. The molecule has 1 aromatic heterocycles.